The summed E-state index contributed by atoms with van der Waals surface area (Å²) in [6.07, 6.45) is 3.36. The van der Waals surface area contributed by atoms with Gasteiger partial charge in [0.15, 0.2) is 5.78 Å². The van der Waals surface area contributed by atoms with Gasteiger partial charge in [-0.2, -0.15) is 0 Å². The molecule has 33 heavy (non-hydrogen) atoms. The number of methoxy groups -OCH3 is 1. The maximum Gasteiger partial charge on any atom is 0.326 e. The molecule has 1 N–H and O–H groups in total. The third-order valence-corrected chi connectivity index (χ3v) is 7.47. The SMILES string of the molecule is COC1(C)CCN(C(=O)CN2CCC(n3c(=O)[nH]c4cc(C(=O)C(C)C)ccc43)CC2)CC1. The fourth-order valence-electron chi connectivity index (χ4n) is 5.04. The number of carbonyl (C=O) groups is 2. The highest BCUT2D eigenvalue weighted by Crippen LogP contribution is 2.27. The van der Waals surface area contributed by atoms with E-state index < -0.39 is 0 Å². The van der Waals surface area contributed by atoms with Crippen molar-refractivity contribution in [1.29, 1.82) is 0 Å². The van der Waals surface area contributed by atoms with Gasteiger partial charge in [0.25, 0.3) is 0 Å². The zero-order chi connectivity index (χ0) is 23.8. The Hall–Kier alpha value is -2.45. The maximum absolute atomic E-state index is 12.8. The molecule has 0 unspecified atom stereocenters. The molecule has 8 heteroatoms. The number of benzene rings is 1. The molecule has 8 nitrogen and oxygen atoms in total. The lowest BCUT2D eigenvalue weighted by Crippen LogP contribution is -2.50. The van der Waals surface area contributed by atoms with Gasteiger partial charge in [0.2, 0.25) is 5.91 Å². The summed E-state index contributed by atoms with van der Waals surface area (Å²) in [4.78, 5) is 44.9. The Morgan fingerprint density at radius 1 is 1.15 bits per heavy atom. The fourth-order valence-corrected chi connectivity index (χ4v) is 5.04. The van der Waals surface area contributed by atoms with E-state index in [1.165, 1.54) is 0 Å². The number of nitrogens with zero attached hydrogens (tertiary/aromatic N) is 3. The number of ether oxygens (including phenoxy) is 1. The highest BCUT2D eigenvalue weighted by Gasteiger charge is 2.32. The van der Waals surface area contributed by atoms with Gasteiger partial charge in [-0.25, -0.2) is 4.79 Å². The van der Waals surface area contributed by atoms with Crippen molar-refractivity contribution in [3.63, 3.8) is 0 Å². The molecule has 0 spiro atoms. The van der Waals surface area contributed by atoms with Gasteiger partial charge in [0.05, 0.1) is 23.2 Å². The summed E-state index contributed by atoms with van der Waals surface area (Å²) in [7, 11) is 1.74. The molecule has 0 atom stereocenters. The molecule has 2 fully saturated rings. The number of rotatable bonds is 6. The fraction of sp³-hybridized carbons (Fsp3) is 0.640. The third kappa shape index (κ3) is 4.92. The van der Waals surface area contributed by atoms with Crippen LogP contribution in [0.5, 0.6) is 0 Å². The van der Waals surface area contributed by atoms with Gasteiger partial charge in [-0.05, 0) is 50.8 Å². The number of ketones is 1. The van der Waals surface area contributed by atoms with E-state index in [2.05, 4.69) is 16.8 Å². The summed E-state index contributed by atoms with van der Waals surface area (Å²) in [5.41, 5.74) is 1.91. The minimum atomic E-state index is -0.136. The Morgan fingerprint density at radius 2 is 1.82 bits per heavy atom. The Bertz CT molecular complexity index is 1070. The van der Waals surface area contributed by atoms with Gasteiger partial charge in [-0.15, -0.1) is 0 Å². The Balaban J connectivity index is 1.37. The zero-order valence-electron chi connectivity index (χ0n) is 20.2. The molecule has 3 heterocycles. The van der Waals surface area contributed by atoms with Crippen molar-refractivity contribution in [1.82, 2.24) is 19.4 Å². The number of Topliss-reactive ketones (excluding diaryl/α,β-unsaturated/α-hetero) is 1. The van der Waals surface area contributed by atoms with Gasteiger partial charge in [-0.3, -0.25) is 19.1 Å². The summed E-state index contributed by atoms with van der Waals surface area (Å²) in [5, 5.41) is 0. The van der Waals surface area contributed by atoms with Crippen LogP contribution in [0.4, 0.5) is 0 Å². The highest BCUT2D eigenvalue weighted by molar-refractivity contribution is 6.00. The van der Waals surface area contributed by atoms with Gasteiger partial charge < -0.3 is 14.6 Å². The van der Waals surface area contributed by atoms with E-state index in [0.29, 0.717) is 17.6 Å². The normalized spacial score (nSPS) is 20.0. The van der Waals surface area contributed by atoms with E-state index in [9.17, 15) is 14.4 Å². The van der Waals surface area contributed by atoms with Gasteiger partial charge in [-0.1, -0.05) is 13.8 Å². The van der Waals surface area contributed by atoms with Crippen molar-refractivity contribution in [2.45, 2.75) is 58.1 Å². The van der Waals surface area contributed by atoms with Crippen LogP contribution in [-0.2, 0) is 9.53 Å². The van der Waals surface area contributed by atoms with Crippen LogP contribution >= 0.6 is 0 Å². The van der Waals surface area contributed by atoms with Crippen LogP contribution in [0.25, 0.3) is 11.0 Å². The molecular weight excluding hydrogens is 420 g/mol. The first kappa shape index (κ1) is 23.7. The van der Waals surface area contributed by atoms with Gasteiger partial charge in [0.1, 0.15) is 0 Å². The molecule has 1 aromatic carbocycles. The summed E-state index contributed by atoms with van der Waals surface area (Å²) in [6, 6.07) is 5.57. The molecule has 180 valence electrons. The number of aromatic amines is 1. The first-order valence-corrected chi connectivity index (χ1v) is 12.0. The molecule has 0 radical (unpaired) electrons. The predicted octanol–water partition coefficient (Wildman–Crippen LogP) is 2.83. The number of imidazole rings is 1. The largest absolute Gasteiger partial charge is 0.378 e. The van der Waals surface area contributed by atoms with Crippen LogP contribution in [0.3, 0.4) is 0 Å². The summed E-state index contributed by atoms with van der Waals surface area (Å²) < 4.78 is 7.40. The molecular formula is C25H36N4O4. The Labute approximate surface area is 194 Å². The first-order valence-electron chi connectivity index (χ1n) is 12.0. The number of aromatic nitrogens is 2. The lowest BCUT2D eigenvalue weighted by Gasteiger charge is -2.39. The number of amides is 1. The number of carbonyl (C=O) groups excluding carboxylic acids is 2. The standard InChI is InChI=1S/C25H36N4O4/c1-17(2)23(31)18-5-6-21-20(15-18)26-24(32)29(21)19-7-11-27(12-8-19)16-22(30)28-13-9-25(3,33-4)10-14-28/h5-6,15,17,19H,7-14,16H2,1-4H3,(H,26,32). The number of hydrogen-bond acceptors (Lipinski definition) is 5. The van der Waals surface area contributed by atoms with Crippen molar-refractivity contribution in [2.24, 2.45) is 5.92 Å². The summed E-state index contributed by atoms with van der Waals surface area (Å²) in [6.45, 7) is 9.33. The van der Waals surface area contributed by atoms with Gasteiger partial charge in [0, 0.05) is 50.8 Å². The Kier molecular flexibility index (Phi) is 6.77. The number of hydrogen-bond donors (Lipinski definition) is 1. The molecule has 0 aliphatic carbocycles. The molecule has 4 rings (SSSR count). The lowest BCUT2D eigenvalue weighted by atomic mass is 9.93. The average Bonchev–Trinajstić information content (AvgIpc) is 3.14. The lowest BCUT2D eigenvalue weighted by molar-refractivity contribution is -0.137. The monoisotopic (exact) mass is 456 g/mol. The molecule has 2 saturated heterocycles. The molecule has 2 aliphatic heterocycles. The van der Waals surface area contributed by atoms with E-state index in [1.54, 1.807) is 13.2 Å². The van der Waals surface area contributed by atoms with E-state index >= 15 is 0 Å². The van der Waals surface area contributed by atoms with E-state index in [-0.39, 0.29) is 34.9 Å². The molecule has 1 aromatic heterocycles. The molecule has 0 bridgehead atoms. The second-order valence-electron chi connectivity index (χ2n) is 10.1. The summed E-state index contributed by atoms with van der Waals surface area (Å²) in [5.74, 6) is 0.167. The average molecular weight is 457 g/mol. The van der Waals surface area contributed by atoms with Crippen molar-refractivity contribution >= 4 is 22.7 Å². The third-order valence-electron chi connectivity index (χ3n) is 7.47. The van der Waals surface area contributed by atoms with E-state index in [4.69, 9.17) is 4.74 Å². The van der Waals surface area contributed by atoms with Crippen LogP contribution in [0.2, 0.25) is 0 Å². The number of H-pyrrole nitrogens is 1. The van der Waals surface area contributed by atoms with Crippen molar-refractivity contribution in [3.8, 4) is 0 Å². The highest BCUT2D eigenvalue weighted by atomic mass is 16.5. The number of nitrogens with one attached hydrogen (secondary N) is 1. The second kappa shape index (κ2) is 9.43. The van der Waals surface area contributed by atoms with Crippen LogP contribution in [-0.4, -0.2) is 76.5 Å². The van der Waals surface area contributed by atoms with Crippen LogP contribution in [0.15, 0.2) is 23.0 Å². The maximum atomic E-state index is 12.8. The first-order chi connectivity index (χ1) is 15.7. The van der Waals surface area contributed by atoms with E-state index in [1.807, 2.05) is 35.4 Å². The Morgan fingerprint density at radius 3 is 2.42 bits per heavy atom. The van der Waals surface area contributed by atoms with Crippen molar-refractivity contribution in [2.75, 3.05) is 39.8 Å². The predicted molar refractivity (Wildman–Crippen MR) is 128 cm³/mol. The topological polar surface area (TPSA) is 87.6 Å². The van der Waals surface area contributed by atoms with E-state index in [0.717, 1.165) is 57.4 Å². The number of fused-ring (bicyclic) bond motifs is 1. The summed E-state index contributed by atoms with van der Waals surface area (Å²) >= 11 is 0. The minimum Gasteiger partial charge on any atom is -0.378 e. The quantitative estimate of drug-likeness (QED) is 0.676. The minimum absolute atomic E-state index is 0.0732. The van der Waals surface area contributed by atoms with Crippen molar-refractivity contribution in [3.05, 3.63) is 34.2 Å². The number of likely N-dealkylation sites (tertiary alicyclic amines) is 2. The zero-order valence-corrected chi connectivity index (χ0v) is 20.2. The second-order valence-corrected chi connectivity index (χ2v) is 10.1. The molecule has 0 saturated carbocycles. The van der Waals surface area contributed by atoms with Crippen LogP contribution in [0, 0.1) is 5.92 Å². The van der Waals surface area contributed by atoms with Crippen LogP contribution in [0.1, 0.15) is 62.9 Å². The smallest absolute Gasteiger partial charge is 0.326 e. The molecule has 2 aliphatic rings. The molecule has 1 amide bonds. The van der Waals surface area contributed by atoms with Gasteiger partial charge >= 0.3 is 5.69 Å². The molecule has 2 aromatic rings. The van der Waals surface area contributed by atoms with Crippen LogP contribution < -0.4 is 5.69 Å². The van der Waals surface area contributed by atoms with Crippen molar-refractivity contribution < 1.29 is 14.3 Å². The number of piperidine rings is 2.